The lowest BCUT2D eigenvalue weighted by atomic mass is 10.2. The fourth-order valence-corrected chi connectivity index (χ4v) is 1.86. The minimum absolute atomic E-state index is 0.473. The fraction of sp³-hybridized carbons (Fsp3) is 0.455. The lowest BCUT2D eigenvalue weighted by molar-refractivity contribution is 0.548. The van der Waals surface area contributed by atoms with E-state index in [1.165, 1.54) is 0 Å². The molecule has 1 aromatic rings. The predicted octanol–water partition coefficient (Wildman–Crippen LogP) is 1.28. The second-order valence-corrected chi connectivity index (χ2v) is 4.31. The fourth-order valence-electron chi connectivity index (χ4n) is 1.60. The highest BCUT2D eigenvalue weighted by Crippen LogP contribution is 2.18. The molecule has 0 spiro atoms. The van der Waals surface area contributed by atoms with Gasteiger partial charge in [0.25, 0.3) is 0 Å². The monoisotopic (exact) mass is 257 g/mol. The first-order valence-electron chi connectivity index (χ1n) is 5.54. The zero-order valence-electron chi connectivity index (χ0n) is 10.1. The first-order chi connectivity index (χ1) is 8.17. The molecular weight excluding hydrogens is 238 g/mol. The number of likely N-dealkylation sites (N-methyl/N-ethyl adjacent to an activating group) is 1. The van der Waals surface area contributed by atoms with Crippen molar-refractivity contribution in [1.29, 1.82) is 0 Å². The van der Waals surface area contributed by atoms with Crippen molar-refractivity contribution in [1.82, 2.24) is 4.72 Å². The third-order valence-corrected chi connectivity index (χ3v) is 2.94. The van der Waals surface area contributed by atoms with E-state index in [0.29, 0.717) is 13.1 Å². The van der Waals surface area contributed by atoms with Crippen molar-refractivity contribution in [3.63, 3.8) is 0 Å². The Kier molecular flexibility index (Phi) is 5.96. The second kappa shape index (κ2) is 7.26. The molecule has 0 aliphatic heterocycles. The molecule has 0 radical (unpaired) electrons. The van der Waals surface area contributed by atoms with Crippen LogP contribution in [0, 0.1) is 0 Å². The highest BCUT2D eigenvalue weighted by Gasteiger charge is 2.04. The maximum absolute atomic E-state index is 10.5. The van der Waals surface area contributed by atoms with Crippen LogP contribution in [0.25, 0.3) is 0 Å². The second-order valence-electron chi connectivity index (χ2n) is 3.52. The zero-order valence-corrected chi connectivity index (χ0v) is 11.0. The van der Waals surface area contributed by atoms with Crippen LogP contribution in [0.1, 0.15) is 6.92 Å². The Morgan fingerprint density at radius 2 is 2.24 bits per heavy atom. The van der Waals surface area contributed by atoms with Gasteiger partial charge in [-0.05, 0) is 25.1 Å². The number of rotatable bonds is 7. The van der Waals surface area contributed by atoms with Crippen molar-refractivity contribution in [3.8, 4) is 0 Å². The largest absolute Gasteiger partial charge is 0.388 e. The summed E-state index contributed by atoms with van der Waals surface area (Å²) in [6.07, 6.45) is 0. The summed E-state index contributed by atoms with van der Waals surface area (Å²) in [4.78, 5) is 2.14. The van der Waals surface area contributed by atoms with E-state index in [1.54, 1.807) is 0 Å². The van der Waals surface area contributed by atoms with Gasteiger partial charge in [-0.3, -0.25) is 4.55 Å². The van der Waals surface area contributed by atoms with E-state index in [9.17, 15) is 4.21 Å². The summed E-state index contributed by atoms with van der Waals surface area (Å²) in [6.45, 7) is 4.07. The van der Waals surface area contributed by atoms with Crippen molar-refractivity contribution in [2.45, 2.75) is 6.92 Å². The summed E-state index contributed by atoms with van der Waals surface area (Å²) >= 11 is -1.94. The van der Waals surface area contributed by atoms with Gasteiger partial charge in [-0.2, -0.15) is 0 Å². The molecule has 1 rings (SSSR count). The Bertz CT molecular complexity index is 373. The molecule has 0 heterocycles. The molecule has 6 heteroatoms. The van der Waals surface area contributed by atoms with Crippen LogP contribution in [0.5, 0.6) is 0 Å². The molecule has 0 fully saturated rings. The van der Waals surface area contributed by atoms with Crippen LogP contribution in [0.15, 0.2) is 24.3 Å². The van der Waals surface area contributed by atoms with Gasteiger partial charge in [0.05, 0.1) is 0 Å². The Hall–Kier alpha value is -1.11. The van der Waals surface area contributed by atoms with Gasteiger partial charge in [0.1, 0.15) is 0 Å². The first kappa shape index (κ1) is 14.0. The Balaban J connectivity index is 2.62. The van der Waals surface area contributed by atoms with Crippen LogP contribution in [0.3, 0.4) is 0 Å². The molecule has 0 aromatic heterocycles. The number of nitrogens with zero attached hydrogens (tertiary/aromatic N) is 1. The molecule has 0 aliphatic carbocycles. The van der Waals surface area contributed by atoms with E-state index in [-0.39, 0.29) is 0 Å². The van der Waals surface area contributed by atoms with E-state index in [2.05, 4.69) is 27.9 Å². The van der Waals surface area contributed by atoms with Crippen LogP contribution < -0.4 is 14.9 Å². The van der Waals surface area contributed by atoms with Crippen LogP contribution >= 0.6 is 0 Å². The highest BCUT2D eigenvalue weighted by molar-refractivity contribution is 7.77. The van der Waals surface area contributed by atoms with E-state index >= 15 is 0 Å². The van der Waals surface area contributed by atoms with E-state index < -0.39 is 11.3 Å². The van der Waals surface area contributed by atoms with Gasteiger partial charge in [0.2, 0.25) is 11.3 Å². The summed E-state index contributed by atoms with van der Waals surface area (Å²) in [5.74, 6) is 0. The SMILES string of the molecule is CCN(CCNS(=O)O)c1cccc(NC)c1. The van der Waals surface area contributed by atoms with Crippen molar-refractivity contribution in [2.24, 2.45) is 0 Å². The van der Waals surface area contributed by atoms with Crippen molar-refractivity contribution >= 4 is 22.6 Å². The molecule has 1 unspecified atom stereocenters. The van der Waals surface area contributed by atoms with E-state index in [4.69, 9.17) is 4.55 Å². The van der Waals surface area contributed by atoms with Gasteiger partial charge in [0, 0.05) is 38.1 Å². The van der Waals surface area contributed by atoms with Crippen molar-refractivity contribution in [2.75, 3.05) is 36.9 Å². The lowest BCUT2D eigenvalue weighted by Crippen LogP contribution is -2.32. The van der Waals surface area contributed by atoms with Crippen molar-refractivity contribution < 1.29 is 8.76 Å². The van der Waals surface area contributed by atoms with Gasteiger partial charge in [-0.25, -0.2) is 8.93 Å². The van der Waals surface area contributed by atoms with Crippen molar-refractivity contribution in [3.05, 3.63) is 24.3 Å². The predicted molar refractivity (Wildman–Crippen MR) is 72.6 cm³/mol. The number of anilines is 2. The molecule has 1 atom stereocenters. The molecule has 0 amide bonds. The third kappa shape index (κ3) is 4.72. The molecule has 0 aliphatic rings. The molecular formula is C11H19N3O2S. The molecule has 0 bridgehead atoms. The third-order valence-electron chi connectivity index (χ3n) is 2.49. The molecule has 5 nitrogen and oxygen atoms in total. The topological polar surface area (TPSA) is 64.6 Å². The summed E-state index contributed by atoms with van der Waals surface area (Å²) in [5.41, 5.74) is 2.16. The minimum atomic E-state index is -1.94. The normalized spacial score (nSPS) is 12.2. The van der Waals surface area contributed by atoms with E-state index in [1.807, 2.05) is 25.2 Å². The summed E-state index contributed by atoms with van der Waals surface area (Å²) in [5, 5.41) is 3.09. The smallest absolute Gasteiger partial charge is 0.231 e. The van der Waals surface area contributed by atoms with Crippen LogP contribution in [0.4, 0.5) is 11.4 Å². The molecule has 0 saturated carbocycles. The summed E-state index contributed by atoms with van der Waals surface area (Å²) < 4.78 is 21.6. The molecule has 1 aromatic carbocycles. The standard InChI is InChI=1S/C11H19N3O2S/c1-3-14(8-7-13-17(15)16)11-6-4-5-10(9-11)12-2/h4-6,9,12-13H,3,7-8H2,1-2H3,(H,15,16). The quantitative estimate of drug-likeness (QED) is 0.644. The average molecular weight is 257 g/mol. The van der Waals surface area contributed by atoms with Crippen LogP contribution in [0.2, 0.25) is 0 Å². The van der Waals surface area contributed by atoms with Gasteiger partial charge in [0.15, 0.2) is 0 Å². The van der Waals surface area contributed by atoms with Crippen LogP contribution in [-0.4, -0.2) is 35.4 Å². The minimum Gasteiger partial charge on any atom is -0.388 e. The lowest BCUT2D eigenvalue weighted by Gasteiger charge is -2.23. The maximum Gasteiger partial charge on any atom is 0.231 e. The molecule has 96 valence electrons. The summed E-state index contributed by atoms with van der Waals surface area (Å²) in [7, 11) is 1.88. The van der Waals surface area contributed by atoms with E-state index in [0.717, 1.165) is 17.9 Å². The number of benzene rings is 1. The van der Waals surface area contributed by atoms with Gasteiger partial charge >= 0.3 is 0 Å². The van der Waals surface area contributed by atoms with Crippen LogP contribution in [-0.2, 0) is 11.3 Å². The Morgan fingerprint density at radius 3 is 2.82 bits per heavy atom. The first-order valence-corrected chi connectivity index (χ1v) is 6.65. The maximum atomic E-state index is 10.5. The highest BCUT2D eigenvalue weighted by atomic mass is 32.2. The number of hydrogen-bond donors (Lipinski definition) is 3. The summed E-state index contributed by atoms with van der Waals surface area (Å²) in [6, 6.07) is 8.07. The van der Waals surface area contributed by atoms with Gasteiger partial charge in [-0.15, -0.1) is 0 Å². The average Bonchev–Trinajstić information content (AvgIpc) is 2.34. The van der Waals surface area contributed by atoms with Gasteiger partial charge in [-0.1, -0.05) is 6.07 Å². The Morgan fingerprint density at radius 1 is 1.47 bits per heavy atom. The molecule has 3 N–H and O–H groups in total. The van der Waals surface area contributed by atoms with Gasteiger partial charge < -0.3 is 10.2 Å². The Labute approximate surface area is 105 Å². The zero-order chi connectivity index (χ0) is 12.7. The molecule has 17 heavy (non-hydrogen) atoms. The number of hydrogen-bond acceptors (Lipinski definition) is 3. The molecule has 0 saturated heterocycles. The number of nitrogens with one attached hydrogen (secondary N) is 2.